The van der Waals surface area contributed by atoms with Crippen molar-refractivity contribution in [3.8, 4) is 0 Å². The molecule has 1 fully saturated rings. The van der Waals surface area contributed by atoms with Crippen molar-refractivity contribution in [2.24, 2.45) is 5.73 Å². The zero-order valence-electron chi connectivity index (χ0n) is 17.6. The minimum Gasteiger partial charge on any atom is -0.444 e. The van der Waals surface area contributed by atoms with Gasteiger partial charge in [0.1, 0.15) is 6.61 Å². The van der Waals surface area contributed by atoms with Crippen LogP contribution in [0.15, 0.2) is 41.3 Å². The van der Waals surface area contributed by atoms with Crippen molar-refractivity contribution in [1.82, 2.24) is 4.31 Å². The zero-order chi connectivity index (χ0) is 23.0. The third kappa shape index (κ3) is 4.32. The van der Waals surface area contributed by atoms with Crippen molar-refractivity contribution in [3.63, 3.8) is 0 Å². The molecule has 0 saturated carbocycles. The summed E-state index contributed by atoms with van der Waals surface area (Å²) in [6.45, 7) is 2.75. The smallest absolute Gasteiger partial charge is 0.414 e. The second-order valence-corrected chi connectivity index (χ2v) is 10.4. The van der Waals surface area contributed by atoms with Crippen molar-refractivity contribution in [3.05, 3.63) is 58.1 Å². The molecule has 4 rings (SSSR count). The molecule has 0 unspecified atom stereocenters. The number of hydrogen-bond donors (Lipinski definition) is 1. The topological polar surface area (TPSA) is 110 Å². The number of benzene rings is 2. The number of primary amides is 1. The Bertz CT molecular complexity index is 1180. The van der Waals surface area contributed by atoms with E-state index in [-0.39, 0.29) is 42.1 Å². The maximum atomic E-state index is 13.1. The van der Waals surface area contributed by atoms with E-state index in [0.29, 0.717) is 18.4 Å². The van der Waals surface area contributed by atoms with Crippen LogP contribution in [0.5, 0.6) is 0 Å². The van der Waals surface area contributed by atoms with Gasteiger partial charge in [0.15, 0.2) is 0 Å². The highest BCUT2D eigenvalue weighted by Gasteiger charge is 2.37. The maximum Gasteiger partial charge on any atom is 0.414 e. The Labute approximate surface area is 191 Å². The first-order valence-electron chi connectivity index (χ1n) is 10.3. The van der Waals surface area contributed by atoms with Crippen LogP contribution in [0.4, 0.5) is 10.5 Å². The fraction of sp³-hybridized carbons (Fsp3) is 0.364. The molecular formula is C22H24ClN3O5S. The molecule has 2 N–H and O–H groups in total. The minimum atomic E-state index is -3.77. The lowest BCUT2D eigenvalue weighted by Gasteiger charge is -2.39. The Morgan fingerprint density at radius 2 is 1.91 bits per heavy atom. The summed E-state index contributed by atoms with van der Waals surface area (Å²) in [7, 11) is -3.77. The van der Waals surface area contributed by atoms with Gasteiger partial charge in [0.05, 0.1) is 17.0 Å². The molecule has 2 aromatic rings. The van der Waals surface area contributed by atoms with E-state index in [0.717, 1.165) is 16.8 Å². The molecular weight excluding hydrogens is 454 g/mol. The normalized spacial score (nSPS) is 17.7. The van der Waals surface area contributed by atoms with Crippen molar-refractivity contribution >= 4 is 39.3 Å². The van der Waals surface area contributed by atoms with E-state index in [1.807, 2.05) is 25.1 Å². The summed E-state index contributed by atoms with van der Waals surface area (Å²) in [5.74, 6) is -0.544. The van der Waals surface area contributed by atoms with Crippen molar-refractivity contribution < 1.29 is 22.7 Å². The summed E-state index contributed by atoms with van der Waals surface area (Å²) in [5, 5.41) is 0.183. The summed E-state index contributed by atoms with van der Waals surface area (Å²) in [6.07, 6.45) is 0.501. The number of piperidine rings is 1. The van der Waals surface area contributed by atoms with Crippen LogP contribution in [-0.2, 0) is 32.6 Å². The fourth-order valence-corrected chi connectivity index (χ4v) is 6.04. The highest BCUT2D eigenvalue weighted by molar-refractivity contribution is 7.89. The molecule has 8 nitrogen and oxygen atoms in total. The number of fused-ring (bicyclic) bond motifs is 1. The fourth-order valence-electron chi connectivity index (χ4n) is 4.23. The van der Waals surface area contributed by atoms with Crippen LogP contribution in [-0.4, -0.2) is 43.9 Å². The Morgan fingerprint density at radius 1 is 1.19 bits per heavy atom. The number of cyclic esters (lactones) is 1. The maximum absolute atomic E-state index is 13.1. The van der Waals surface area contributed by atoms with Crippen LogP contribution >= 0.6 is 11.6 Å². The lowest BCUT2D eigenvalue weighted by molar-refractivity contribution is -0.117. The standard InChI is InChI=1S/C22H24ClN3O5S/c1-14-2-5-20-16(10-14)13-31-22(28)26(20)17-6-8-25(9-7-17)32(29,30)18-4-3-15(11-21(24)27)19(23)12-18/h2-5,10,12,17H,6-9,11,13H2,1H3,(H2,24,27). The van der Waals surface area contributed by atoms with Crippen LogP contribution in [0.2, 0.25) is 5.02 Å². The molecule has 32 heavy (non-hydrogen) atoms. The Balaban J connectivity index is 1.50. The van der Waals surface area contributed by atoms with E-state index in [1.54, 1.807) is 4.90 Å². The number of carbonyl (C=O) groups excluding carboxylic acids is 2. The number of ether oxygens (including phenoxy) is 1. The molecule has 0 aliphatic carbocycles. The number of amides is 2. The van der Waals surface area contributed by atoms with Gasteiger partial charge in [-0.05, 0) is 43.5 Å². The molecule has 0 bridgehead atoms. The number of nitrogens with two attached hydrogens (primary N) is 1. The third-order valence-corrected chi connectivity index (χ3v) is 8.10. The van der Waals surface area contributed by atoms with Gasteiger partial charge in [-0.2, -0.15) is 4.31 Å². The first-order chi connectivity index (χ1) is 15.2. The van der Waals surface area contributed by atoms with Gasteiger partial charge in [-0.3, -0.25) is 9.69 Å². The van der Waals surface area contributed by atoms with Gasteiger partial charge in [0.25, 0.3) is 0 Å². The van der Waals surface area contributed by atoms with E-state index in [9.17, 15) is 18.0 Å². The Morgan fingerprint density at radius 3 is 2.56 bits per heavy atom. The first-order valence-corrected chi connectivity index (χ1v) is 12.1. The Kier molecular flexibility index (Phi) is 6.15. The number of nitrogens with zero attached hydrogens (tertiary/aromatic N) is 2. The molecule has 2 heterocycles. The Hall–Kier alpha value is -2.62. The molecule has 0 spiro atoms. The van der Waals surface area contributed by atoms with E-state index in [4.69, 9.17) is 22.1 Å². The summed E-state index contributed by atoms with van der Waals surface area (Å²) >= 11 is 6.17. The molecule has 0 aromatic heterocycles. The summed E-state index contributed by atoms with van der Waals surface area (Å²) < 4.78 is 33.0. The summed E-state index contributed by atoms with van der Waals surface area (Å²) in [5.41, 5.74) is 8.54. The SMILES string of the molecule is Cc1ccc2c(c1)COC(=O)N2C1CCN(S(=O)(=O)c2ccc(CC(N)=O)c(Cl)c2)CC1. The van der Waals surface area contributed by atoms with Crippen LogP contribution in [0, 0.1) is 6.92 Å². The summed E-state index contributed by atoms with van der Waals surface area (Å²) in [4.78, 5) is 25.4. The van der Waals surface area contributed by atoms with Gasteiger partial charge >= 0.3 is 6.09 Å². The van der Waals surface area contributed by atoms with Crippen LogP contribution in [0.3, 0.4) is 0 Å². The highest BCUT2D eigenvalue weighted by Crippen LogP contribution is 2.34. The molecule has 2 aliphatic rings. The van der Waals surface area contributed by atoms with Crippen LogP contribution in [0.1, 0.15) is 29.5 Å². The van der Waals surface area contributed by atoms with Crippen molar-refractivity contribution in [2.75, 3.05) is 18.0 Å². The van der Waals surface area contributed by atoms with Gasteiger partial charge in [0, 0.05) is 29.7 Å². The first kappa shape index (κ1) is 22.6. The average Bonchev–Trinajstić information content (AvgIpc) is 2.75. The molecule has 2 amide bonds. The highest BCUT2D eigenvalue weighted by atomic mass is 35.5. The van der Waals surface area contributed by atoms with Crippen LogP contribution in [0.25, 0.3) is 0 Å². The third-order valence-electron chi connectivity index (χ3n) is 5.86. The number of halogens is 1. The number of sulfonamides is 1. The van der Waals surface area contributed by atoms with Gasteiger partial charge in [-0.25, -0.2) is 13.2 Å². The number of carbonyl (C=O) groups is 2. The quantitative estimate of drug-likeness (QED) is 0.711. The molecule has 10 heteroatoms. The van der Waals surface area contributed by atoms with Gasteiger partial charge in [0.2, 0.25) is 15.9 Å². The van der Waals surface area contributed by atoms with E-state index >= 15 is 0 Å². The molecule has 2 aromatic carbocycles. The zero-order valence-corrected chi connectivity index (χ0v) is 19.2. The van der Waals surface area contributed by atoms with Crippen molar-refractivity contribution in [2.45, 2.75) is 43.7 Å². The van der Waals surface area contributed by atoms with E-state index in [2.05, 4.69) is 0 Å². The van der Waals surface area contributed by atoms with Gasteiger partial charge < -0.3 is 10.5 Å². The monoisotopic (exact) mass is 477 g/mol. The second-order valence-electron chi connectivity index (χ2n) is 8.09. The summed E-state index contributed by atoms with van der Waals surface area (Å²) in [6, 6.07) is 10.0. The molecule has 0 atom stereocenters. The average molecular weight is 478 g/mol. The lowest BCUT2D eigenvalue weighted by Crippen LogP contribution is -2.50. The molecule has 1 saturated heterocycles. The number of aryl methyl sites for hydroxylation is 1. The molecule has 0 radical (unpaired) electrons. The molecule has 170 valence electrons. The molecule has 2 aliphatic heterocycles. The number of anilines is 1. The van der Waals surface area contributed by atoms with Crippen LogP contribution < -0.4 is 10.6 Å². The largest absolute Gasteiger partial charge is 0.444 e. The lowest BCUT2D eigenvalue weighted by atomic mass is 10.0. The minimum absolute atomic E-state index is 0.0580. The van der Waals surface area contributed by atoms with Gasteiger partial charge in [-0.15, -0.1) is 0 Å². The van der Waals surface area contributed by atoms with Crippen molar-refractivity contribution in [1.29, 1.82) is 0 Å². The second kappa shape index (κ2) is 8.73. The number of rotatable bonds is 5. The van der Waals surface area contributed by atoms with Gasteiger partial charge in [-0.1, -0.05) is 35.4 Å². The predicted molar refractivity (Wildman–Crippen MR) is 120 cm³/mol. The predicted octanol–water partition coefficient (Wildman–Crippen LogP) is 2.99. The van der Waals surface area contributed by atoms with E-state index in [1.165, 1.54) is 22.5 Å². The van der Waals surface area contributed by atoms with E-state index < -0.39 is 22.0 Å². The number of hydrogen-bond acceptors (Lipinski definition) is 5.